The second-order valence-corrected chi connectivity index (χ2v) is 4.23. The fourth-order valence-corrected chi connectivity index (χ4v) is 1.81. The molecule has 0 radical (unpaired) electrons. The Hall–Kier alpha value is -2.36. The van der Waals surface area contributed by atoms with Crippen molar-refractivity contribution >= 4 is 5.91 Å². The van der Waals surface area contributed by atoms with Gasteiger partial charge in [0.25, 0.3) is 5.91 Å². The van der Waals surface area contributed by atoms with Crippen molar-refractivity contribution in [2.24, 2.45) is 0 Å². The summed E-state index contributed by atoms with van der Waals surface area (Å²) in [5.41, 5.74) is 2.54. The lowest BCUT2D eigenvalue weighted by Gasteiger charge is -2.08. The lowest BCUT2D eigenvalue weighted by molar-refractivity contribution is 0.0951. The molecular weight excluding hydrogens is 240 g/mol. The molecule has 1 aromatic carbocycles. The smallest absolute Gasteiger partial charge is 0.251 e. The van der Waals surface area contributed by atoms with Gasteiger partial charge in [0.1, 0.15) is 5.75 Å². The van der Waals surface area contributed by atoms with Gasteiger partial charge in [-0.2, -0.15) is 0 Å². The number of ether oxygens (including phenoxy) is 1. The number of carbonyl (C=O) groups excluding carboxylic acids is 1. The van der Waals surface area contributed by atoms with Gasteiger partial charge in [0.2, 0.25) is 0 Å². The predicted molar refractivity (Wildman–Crippen MR) is 73.1 cm³/mol. The molecule has 2 aromatic rings. The summed E-state index contributed by atoms with van der Waals surface area (Å²) in [5.74, 6) is 0.679. The molecule has 0 aliphatic rings. The van der Waals surface area contributed by atoms with E-state index in [9.17, 15) is 4.79 Å². The summed E-state index contributed by atoms with van der Waals surface area (Å²) in [6.07, 6.45) is 3.44. The molecule has 1 amide bonds. The Morgan fingerprint density at radius 3 is 2.84 bits per heavy atom. The minimum Gasteiger partial charge on any atom is -0.496 e. The molecule has 0 spiro atoms. The number of benzene rings is 1. The number of aromatic nitrogens is 1. The minimum absolute atomic E-state index is 0.102. The van der Waals surface area contributed by atoms with Crippen molar-refractivity contribution in [3.8, 4) is 5.75 Å². The van der Waals surface area contributed by atoms with Gasteiger partial charge in [0, 0.05) is 24.5 Å². The third kappa shape index (κ3) is 3.31. The van der Waals surface area contributed by atoms with E-state index in [4.69, 9.17) is 4.74 Å². The van der Waals surface area contributed by atoms with E-state index in [0.29, 0.717) is 12.1 Å². The van der Waals surface area contributed by atoms with Gasteiger partial charge in [-0.3, -0.25) is 9.78 Å². The molecule has 4 nitrogen and oxygen atoms in total. The number of carbonyl (C=O) groups is 1. The third-order valence-electron chi connectivity index (χ3n) is 2.83. The molecule has 98 valence electrons. The second kappa shape index (κ2) is 6.00. The summed E-state index contributed by atoms with van der Waals surface area (Å²) in [7, 11) is 1.62. The van der Waals surface area contributed by atoms with Gasteiger partial charge >= 0.3 is 0 Å². The molecule has 1 aromatic heterocycles. The summed E-state index contributed by atoms with van der Waals surface area (Å²) < 4.78 is 5.17. The van der Waals surface area contributed by atoms with E-state index < -0.39 is 0 Å². The Kier molecular flexibility index (Phi) is 4.13. The molecule has 0 saturated carbocycles. The fraction of sp³-hybridized carbons (Fsp3) is 0.200. The van der Waals surface area contributed by atoms with Crippen LogP contribution >= 0.6 is 0 Å². The van der Waals surface area contributed by atoms with Crippen LogP contribution in [-0.4, -0.2) is 18.0 Å². The van der Waals surface area contributed by atoms with Crippen molar-refractivity contribution in [3.63, 3.8) is 0 Å². The Balaban J connectivity index is 2.02. The molecule has 4 heteroatoms. The Morgan fingerprint density at radius 1 is 1.37 bits per heavy atom. The zero-order chi connectivity index (χ0) is 13.7. The number of nitrogens with one attached hydrogen (secondary N) is 1. The van der Waals surface area contributed by atoms with Crippen LogP contribution in [0.3, 0.4) is 0 Å². The van der Waals surface area contributed by atoms with Crippen molar-refractivity contribution < 1.29 is 9.53 Å². The number of aryl methyl sites for hydroxylation is 1. The van der Waals surface area contributed by atoms with Crippen LogP contribution < -0.4 is 10.1 Å². The van der Waals surface area contributed by atoms with Crippen molar-refractivity contribution in [2.45, 2.75) is 13.5 Å². The van der Waals surface area contributed by atoms with E-state index >= 15 is 0 Å². The quantitative estimate of drug-likeness (QED) is 0.913. The number of amides is 1. The highest BCUT2D eigenvalue weighted by Crippen LogP contribution is 2.18. The first-order chi connectivity index (χ1) is 9.20. The van der Waals surface area contributed by atoms with Crippen molar-refractivity contribution in [1.82, 2.24) is 10.3 Å². The molecule has 1 N–H and O–H groups in total. The van der Waals surface area contributed by atoms with Crippen LogP contribution in [0.2, 0.25) is 0 Å². The van der Waals surface area contributed by atoms with Crippen LogP contribution in [0.15, 0.2) is 42.7 Å². The largest absolute Gasteiger partial charge is 0.496 e. The molecule has 0 bridgehead atoms. The van der Waals surface area contributed by atoms with Gasteiger partial charge in [-0.05, 0) is 42.3 Å². The van der Waals surface area contributed by atoms with Crippen molar-refractivity contribution in [1.29, 1.82) is 0 Å². The first-order valence-corrected chi connectivity index (χ1v) is 6.02. The lowest BCUT2D eigenvalue weighted by Crippen LogP contribution is -2.22. The standard InChI is InChI=1S/C15H16N2O2/c1-11-8-13(5-6-14(11)19-2)15(18)17-10-12-4-3-7-16-9-12/h3-9H,10H2,1-2H3,(H,17,18). The molecule has 1 heterocycles. The van der Waals surface area contributed by atoms with E-state index in [1.807, 2.05) is 25.1 Å². The van der Waals surface area contributed by atoms with E-state index in [0.717, 1.165) is 16.9 Å². The first-order valence-electron chi connectivity index (χ1n) is 6.02. The predicted octanol–water partition coefficient (Wildman–Crippen LogP) is 2.33. The van der Waals surface area contributed by atoms with Crippen LogP contribution in [0.5, 0.6) is 5.75 Å². The second-order valence-electron chi connectivity index (χ2n) is 4.23. The summed E-state index contributed by atoms with van der Waals surface area (Å²) in [6, 6.07) is 9.14. The van der Waals surface area contributed by atoms with Gasteiger partial charge in [-0.15, -0.1) is 0 Å². The maximum atomic E-state index is 12.0. The zero-order valence-corrected chi connectivity index (χ0v) is 11.0. The number of methoxy groups -OCH3 is 1. The third-order valence-corrected chi connectivity index (χ3v) is 2.83. The normalized spacial score (nSPS) is 10.0. The average molecular weight is 256 g/mol. The number of nitrogens with zero attached hydrogens (tertiary/aromatic N) is 1. The Labute approximate surface area is 112 Å². The number of pyridine rings is 1. The highest BCUT2D eigenvalue weighted by molar-refractivity contribution is 5.94. The van der Waals surface area contributed by atoms with Crippen LogP contribution in [0.1, 0.15) is 21.5 Å². The van der Waals surface area contributed by atoms with Gasteiger partial charge in [-0.1, -0.05) is 6.07 Å². The maximum Gasteiger partial charge on any atom is 0.251 e. The fourth-order valence-electron chi connectivity index (χ4n) is 1.81. The molecule has 0 aliphatic carbocycles. The minimum atomic E-state index is -0.102. The van der Waals surface area contributed by atoms with Crippen LogP contribution in [0, 0.1) is 6.92 Å². The van der Waals surface area contributed by atoms with Crippen LogP contribution in [0.4, 0.5) is 0 Å². The lowest BCUT2D eigenvalue weighted by atomic mass is 10.1. The van der Waals surface area contributed by atoms with Crippen LogP contribution in [0.25, 0.3) is 0 Å². The summed E-state index contributed by atoms with van der Waals surface area (Å²) in [5, 5.41) is 2.86. The van der Waals surface area contributed by atoms with Gasteiger partial charge < -0.3 is 10.1 Å². The van der Waals surface area contributed by atoms with E-state index in [2.05, 4.69) is 10.3 Å². The Bertz CT molecular complexity index is 568. The number of rotatable bonds is 4. The van der Waals surface area contributed by atoms with Gasteiger partial charge in [-0.25, -0.2) is 0 Å². The molecular formula is C15H16N2O2. The molecule has 0 atom stereocenters. The SMILES string of the molecule is COc1ccc(C(=O)NCc2cccnc2)cc1C. The average Bonchev–Trinajstić information content (AvgIpc) is 2.45. The highest BCUT2D eigenvalue weighted by Gasteiger charge is 2.07. The summed E-state index contributed by atoms with van der Waals surface area (Å²) in [4.78, 5) is 16.0. The van der Waals surface area contributed by atoms with E-state index in [1.54, 1.807) is 31.6 Å². The van der Waals surface area contributed by atoms with Gasteiger partial charge in [0.05, 0.1) is 7.11 Å². The molecule has 0 aliphatic heterocycles. The first kappa shape index (κ1) is 13.1. The zero-order valence-electron chi connectivity index (χ0n) is 11.0. The molecule has 0 fully saturated rings. The van der Waals surface area contributed by atoms with Crippen molar-refractivity contribution in [3.05, 3.63) is 59.4 Å². The topological polar surface area (TPSA) is 51.2 Å². The van der Waals surface area contributed by atoms with E-state index in [-0.39, 0.29) is 5.91 Å². The summed E-state index contributed by atoms with van der Waals surface area (Å²) in [6.45, 7) is 2.38. The van der Waals surface area contributed by atoms with Crippen molar-refractivity contribution in [2.75, 3.05) is 7.11 Å². The van der Waals surface area contributed by atoms with Gasteiger partial charge in [0.15, 0.2) is 0 Å². The molecule has 2 rings (SSSR count). The maximum absolute atomic E-state index is 12.0. The Morgan fingerprint density at radius 2 is 2.21 bits per heavy atom. The number of hydrogen-bond acceptors (Lipinski definition) is 3. The van der Waals surface area contributed by atoms with E-state index in [1.165, 1.54) is 0 Å². The molecule has 19 heavy (non-hydrogen) atoms. The highest BCUT2D eigenvalue weighted by atomic mass is 16.5. The molecule has 0 saturated heterocycles. The monoisotopic (exact) mass is 256 g/mol. The number of hydrogen-bond donors (Lipinski definition) is 1. The summed E-state index contributed by atoms with van der Waals surface area (Å²) >= 11 is 0. The van der Waals surface area contributed by atoms with Crippen LogP contribution in [-0.2, 0) is 6.54 Å². The molecule has 0 unspecified atom stereocenters.